The zero-order valence-corrected chi connectivity index (χ0v) is 19.0. The Bertz CT molecular complexity index is 592. The fraction of sp³-hybridized carbons (Fsp3) is 0.773. The number of guanidine groups is 1. The van der Waals surface area contributed by atoms with Gasteiger partial charge in [0.25, 0.3) is 0 Å². The van der Waals surface area contributed by atoms with E-state index in [1.165, 1.54) is 37.4 Å². The first-order valence-electron chi connectivity index (χ1n) is 11.1. The normalized spacial score (nSPS) is 25.5. The first-order valence-corrected chi connectivity index (χ1v) is 12.0. The van der Waals surface area contributed by atoms with Gasteiger partial charge in [0.15, 0.2) is 5.96 Å². The molecule has 0 aromatic carbocycles. The number of nitrogens with zero attached hydrogens (tertiary/aromatic N) is 3. The largest absolute Gasteiger partial charge is 0.357 e. The van der Waals surface area contributed by atoms with Crippen LogP contribution in [0.25, 0.3) is 0 Å². The number of likely N-dealkylation sites (tertiary alicyclic amines) is 2. The second kappa shape index (κ2) is 10.6. The van der Waals surface area contributed by atoms with E-state index in [1.807, 2.05) is 11.3 Å². The van der Waals surface area contributed by atoms with E-state index in [9.17, 15) is 0 Å². The standard InChI is InChI=1S/C22H39N5S/c1-5-23-22(25-21-16-27(17(2)3)14-18(21)4)24-13-19-8-10-26(11-9-19)15-20-7-6-12-28-20/h6-7,12,17-19,21H,5,8-11,13-16H2,1-4H3,(H2,23,24,25). The predicted molar refractivity (Wildman–Crippen MR) is 121 cm³/mol. The minimum Gasteiger partial charge on any atom is -0.357 e. The van der Waals surface area contributed by atoms with Gasteiger partial charge >= 0.3 is 0 Å². The molecule has 28 heavy (non-hydrogen) atoms. The quantitative estimate of drug-likeness (QED) is 0.540. The van der Waals surface area contributed by atoms with Crippen LogP contribution in [-0.2, 0) is 6.54 Å². The first-order chi connectivity index (χ1) is 13.5. The number of hydrogen-bond donors (Lipinski definition) is 2. The summed E-state index contributed by atoms with van der Waals surface area (Å²) in [7, 11) is 0. The topological polar surface area (TPSA) is 42.9 Å². The number of nitrogens with one attached hydrogen (secondary N) is 2. The van der Waals surface area contributed by atoms with Crippen molar-refractivity contribution >= 4 is 17.3 Å². The van der Waals surface area contributed by atoms with E-state index in [0.29, 0.717) is 23.9 Å². The highest BCUT2D eigenvalue weighted by Gasteiger charge is 2.31. The summed E-state index contributed by atoms with van der Waals surface area (Å²) in [5.74, 6) is 2.38. The summed E-state index contributed by atoms with van der Waals surface area (Å²) in [4.78, 5) is 11.6. The van der Waals surface area contributed by atoms with E-state index < -0.39 is 0 Å². The number of rotatable bonds is 7. The Morgan fingerprint density at radius 3 is 2.68 bits per heavy atom. The Morgan fingerprint density at radius 2 is 2.07 bits per heavy atom. The van der Waals surface area contributed by atoms with Crippen molar-refractivity contribution in [1.29, 1.82) is 0 Å². The van der Waals surface area contributed by atoms with E-state index in [4.69, 9.17) is 4.99 Å². The molecular formula is C22H39N5S. The Balaban J connectivity index is 1.45. The van der Waals surface area contributed by atoms with Crippen LogP contribution in [0.1, 0.15) is 45.4 Å². The molecule has 5 nitrogen and oxygen atoms in total. The molecular weight excluding hydrogens is 366 g/mol. The summed E-state index contributed by atoms with van der Waals surface area (Å²) in [6.45, 7) is 16.8. The molecule has 0 radical (unpaired) electrons. The maximum absolute atomic E-state index is 4.97. The molecule has 158 valence electrons. The van der Waals surface area contributed by atoms with Gasteiger partial charge in [-0.15, -0.1) is 11.3 Å². The lowest BCUT2D eigenvalue weighted by Gasteiger charge is -2.31. The molecule has 0 amide bonds. The van der Waals surface area contributed by atoms with Gasteiger partial charge in [0.05, 0.1) is 0 Å². The molecule has 6 heteroatoms. The van der Waals surface area contributed by atoms with Gasteiger partial charge in [0.2, 0.25) is 0 Å². The van der Waals surface area contributed by atoms with Crippen molar-refractivity contribution in [2.24, 2.45) is 16.8 Å². The van der Waals surface area contributed by atoms with Gasteiger partial charge in [-0.3, -0.25) is 14.8 Å². The van der Waals surface area contributed by atoms with Crippen LogP contribution < -0.4 is 10.6 Å². The van der Waals surface area contributed by atoms with Crippen molar-refractivity contribution in [3.63, 3.8) is 0 Å². The maximum Gasteiger partial charge on any atom is 0.191 e. The zero-order chi connectivity index (χ0) is 19.9. The van der Waals surface area contributed by atoms with Gasteiger partial charge in [-0.2, -0.15) is 0 Å². The average molecular weight is 406 g/mol. The SMILES string of the molecule is CCNC(=NCC1CCN(Cc2cccs2)CC1)NC1CN(C(C)C)CC1C. The highest BCUT2D eigenvalue weighted by Crippen LogP contribution is 2.21. The van der Waals surface area contributed by atoms with Gasteiger partial charge in [-0.25, -0.2) is 0 Å². The van der Waals surface area contributed by atoms with Crippen LogP contribution in [0.5, 0.6) is 0 Å². The second-order valence-corrected chi connectivity index (χ2v) is 9.83. The number of hydrogen-bond acceptors (Lipinski definition) is 4. The van der Waals surface area contributed by atoms with E-state index in [2.05, 4.69) is 65.6 Å². The molecule has 2 fully saturated rings. The van der Waals surface area contributed by atoms with Crippen molar-refractivity contribution < 1.29 is 0 Å². The Hall–Kier alpha value is -1.11. The molecule has 3 rings (SSSR count). The van der Waals surface area contributed by atoms with Crippen LogP contribution in [0.15, 0.2) is 22.5 Å². The van der Waals surface area contributed by atoms with Gasteiger partial charge in [0.1, 0.15) is 0 Å². The lowest BCUT2D eigenvalue weighted by atomic mass is 9.97. The third kappa shape index (κ3) is 6.19. The number of piperidine rings is 1. The summed E-state index contributed by atoms with van der Waals surface area (Å²) < 4.78 is 0. The fourth-order valence-electron chi connectivity index (χ4n) is 4.28. The lowest BCUT2D eigenvalue weighted by molar-refractivity contribution is 0.182. The average Bonchev–Trinajstić information content (AvgIpc) is 3.31. The van der Waals surface area contributed by atoms with E-state index in [1.54, 1.807) is 0 Å². The van der Waals surface area contributed by atoms with Gasteiger partial charge < -0.3 is 10.6 Å². The minimum absolute atomic E-state index is 0.493. The van der Waals surface area contributed by atoms with Crippen LogP contribution in [0.3, 0.4) is 0 Å². The third-order valence-electron chi connectivity index (χ3n) is 6.21. The molecule has 0 spiro atoms. The molecule has 2 atom stereocenters. The van der Waals surface area contributed by atoms with Crippen molar-refractivity contribution in [1.82, 2.24) is 20.4 Å². The molecule has 2 aliphatic rings. The second-order valence-electron chi connectivity index (χ2n) is 8.79. The Labute approximate surface area is 175 Å². The smallest absolute Gasteiger partial charge is 0.191 e. The first kappa shape index (κ1) is 21.6. The lowest BCUT2D eigenvalue weighted by Crippen LogP contribution is -2.47. The maximum atomic E-state index is 4.97. The van der Waals surface area contributed by atoms with Gasteiger partial charge in [-0.05, 0) is 70.0 Å². The molecule has 0 aliphatic carbocycles. The minimum atomic E-state index is 0.493. The summed E-state index contributed by atoms with van der Waals surface area (Å²) in [5, 5.41) is 9.36. The van der Waals surface area contributed by atoms with Crippen LogP contribution in [0.4, 0.5) is 0 Å². The number of thiophene rings is 1. The Morgan fingerprint density at radius 1 is 1.29 bits per heavy atom. The van der Waals surface area contributed by atoms with E-state index >= 15 is 0 Å². The third-order valence-corrected chi connectivity index (χ3v) is 7.07. The van der Waals surface area contributed by atoms with Gasteiger partial charge in [-0.1, -0.05) is 13.0 Å². The molecule has 3 heterocycles. The molecule has 1 aromatic rings. The van der Waals surface area contributed by atoms with Crippen LogP contribution in [-0.4, -0.2) is 67.1 Å². The zero-order valence-electron chi connectivity index (χ0n) is 18.2. The van der Waals surface area contributed by atoms with Crippen LogP contribution in [0.2, 0.25) is 0 Å². The van der Waals surface area contributed by atoms with Gasteiger partial charge in [0, 0.05) is 49.7 Å². The highest BCUT2D eigenvalue weighted by molar-refractivity contribution is 7.09. The van der Waals surface area contributed by atoms with Crippen LogP contribution >= 0.6 is 11.3 Å². The summed E-state index contributed by atoms with van der Waals surface area (Å²) in [5.41, 5.74) is 0. The molecule has 0 bridgehead atoms. The predicted octanol–water partition coefficient (Wildman–Crippen LogP) is 3.24. The van der Waals surface area contributed by atoms with Crippen molar-refractivity contribution in [2.75, 3.05) is 39.3 Å². The van der Waals surface area contributed by atoms with E-state index in [0.717, 1.165) is 32.1 Å². The van der Waals surface area contributed by atoms with Crippen molar-refractivity contribution in [2.45, 2.75) is 59.2 Å². The fourth-order valence-corrected chi connectivity index (χ4v) is 5.03. The molecule has 2 unspecified atom stereocenters. The summed E-state index contributed by atoms with van der Waals surface area (Å²) in [6.07, 6.45) is 2.52. The van der Waals surface area contributed by atoms with Crippen molar-refractivity contribution in [3.8, 4) is 0 Å². The summed E-state index contributed by atoms with van der Waals surface area (Å²) >= 11 is 1.87. The molecule has 0 saturated carbocycles. The summed E-state index contributed by atoms with van der Waals surface area (Å²) in [6, 6.07) is 5.52. The molecule has 2 aliphatic heterocycles. The number of aliphatic imine (C=N–C) groups is 1. The molecule has 2 saturated heterocycles. The van der Waals surface area contributed by atoms with Crippen molar-refractivity contribution in [3.05, 3.63) is 22.4 Å². The van der Waals surface area contributed by atoms with Crippen LogP contribution in [0, 0.1) is 11.8 Å². The monoisotopic (exact) mass is 405 g/mol. The molecule has 2 N–H and O–H groups in total. The Kier molecular flexibility index (Phi) is 8.18. The van der Waals surface area contributed by atoms with E-state index in [-0.39, 0.29) is 0 Å². The molecule has 1 aromatic heterocycles. The highest BCUT2D eigenvalue weighted by atomic mass is 32.1.